The second-order valence-corrected chi connectivity index (χ2v) is 3.31. The van der Waals surface area contributed by atoms with Crippen LogP contribution in [0, 0.1) is 0 Å². The van der Waals surface area contributed by atoms with Crippen LogP contribution in [0.4, 0.5) is 0 Å². The Labute approximate surface area is 79.8 Å². The SMILES string of the molecule is C=C/C(C(=C)C)=C(\C=C/C)SC. The minimum absolute atomic E-state index is 1.06. The lowest BCUT2D eigenvalue weighted by Gasteiger charge is -2.05. The molecule has 0 rings (SSSR count). The van der Waals surface area contributed by atoms with Gasteiger partial charge in [-0.3, -0.25) is 0 Å². The molecule has 0 spiro atoms. The lowest BCUT2D eigenvalue weighted by Crippen LogP contribution is -1.83. The summed E-state index contributed by atoms with van der Waals surface area (Å²) in [5.74, 6) is 0. The molecule has 0 aromatic carbocycles. The Hall–Kier alpha value is -0.690. The Morgan fingerprint density at radius 2 is 2.00 bits per heavy atom. The predicted octanol–water partition coefficient (Wildman–Crippen LogP) is 3.94. The fraction of sp³-hybridized carbons (Fsp3) is 0.273. The van der Waals surface area contributed by atoms with Gasteiger partial charge in [-0.05, 0) is 31.2 Å². The molecule has 66 valence electrons. The van der Waals surface area contributed by atoms with E-state index in [1.807, 2.05) is 26.0 Å². The molecular formula is C11H16S. The molecule has 0 aliphatic carbocycles. The number of hydrogen-bond donors (Lipinski definition) is 0. The molecule has 1 heteroatoms. The molecule has 0 unspecified atom stereocenters. The van der Waals surface area contributed by atoms with E-state index >= 15 is 0 Å². The molecule has 0 radical (unpaired) electrons. The highest BCUT2D eigenvalue weighted by Gasteiger charge is 1.98. The molecule has 0 saturated heterocycles. The van der Waals surface area contributed by atoms with E-state index in [1.54, 1.807) is 11.8 Å². The van der Waals surface area contributed by atoms with Gasteiger partial charge in [0, 0.05) is 4.91 Å². The van der Waals surface area contributed by atoms with Gasteiger partial charge in [0.1, 0.15) is 0 Å². The highest BCUT2D eigenvalue weighted by molar-refractivity contribution is 8.02. The summed E-state index contributed by atoms with van der Waals surface area (Å²) >= 11 is 1.72. The van der Waals surface area contributed by atoms with E-state index in [-0.39, 0.29) is 0 Å². The lowest BCUT2D eigenvalue weighted by molar-refractivity contribution is 1.44. The second kappa shape index (κ2) is 5.90. The van der Waals surface area contributed by atoms with Crippen LogP contribution in [0.1, 0.15) is 13.8 Å². The van der Waals surface area contributed by atoms with E-state index in [0.717, 1.165) is 11.1 Å². The van der Waals surface area contributed by atoms with Crippen molar-refractivity contribution in [2.45, 2.75) is 13.8 Å². The fourth-order valence-corrected chi connectivity index (χ4v) is 1.65. The van der Waals surface area contributed by atoms with Crippen LogP contribution >= 0.6 is 11.8 Å². The standard InChI is InChI=1S/C11H16S/c1-6-8-11(12-5)10(7-2)9(3)4/h6-8H,2-3H2,1,4-5H3/b8-6-,11-10-. The maximum Gasteiger partial charge on any atom is 0.0141 e. The molecule has 0 amide bonds. The van der Waals surface area contributed by atoms with Gasteiger partial charge in [-0.2, -0.15) is 0 Å². The molecule has 0 saturated carbocycles. The highest BCUT2D eigenvalue weighted by atomic mass is 32.2. The van der Waals surface area contributed by atoms with Crippen molar-refractivity contribution in [3.63, 3.8) is 0 Å². The molecule has 0 bridgehead atoms. The van der Waals surface area contributed by atoms with Crippen molar-refractivity contribution in [1.29, 1.82) is 0 Å². The first-order valence-corrected chi connectivity index (χ1v) is 5.09. The molecule has 0 fully saturated rings. The monoisotopic (exact) mass is 180 g/mol. The molecule has 0 heterocycles. The average molecular weight is 180 g/mol. The highest BCUT2D eigenvalue weighted by Crippen LogP contribution is 2.23. The number of rotatable bonds is 4. The summed E-state index contributed by atoms with van der Waals surface area (Å²) in [5.41, 5.74) is 2.20. The van der Waals surface area contributed by atoms with E-state index in [0.29, 0.717) is 0 Å². The summed E-state index contributed by atoms with van der Waals surface area (Å²) in [7, 11) is 0. The van der Waals surface area contributed by atoms with E-state index < -0.39 is 0 Å². The van der Waals surface area contributed by atoms with Crippen LogP contribution < -0.4 is 0 Å². The van der Waals surface area contributed by atoms with Crippen LogP contribution in [0.25, 0.3) is 0 Å². The van der Waals surface area contributed by atoms with Crippen molar-refractivity contribution in [2.75, 3.05) is 6.26 Å². The Balaban J connectivity index is 5.00. The molecule has 0 aromatic heterocycles. The summed E-state index contributed by atoms with van der Waals surface area (Å²) in [6, 6.07) is 0. The maximum absolute atomic E-state index is 3.90. The van der Waals surface area contributed by atoms with E-state index in [4.69, 9.17) is 0 Å². The van der Waals surface area contributed by atoms with Gasteiger partial charge in [-0.25, -0.2) is 0 Å². The van der Waals surface area contributed by atoms with Crippen LogP contribution in [0.3, 0.4) is 0 Å². The first-order chi connectivity index (χ1) is 5.67. The maximum atomic E-state index is 3.90. The van der Waals surface area contributed by atoms with E-state index in [1.165, 1.54) is 4.91 Å². The third kappa shape index (κ3) is 3.14. The molecule has 0 aliphatic rings. The van der Waals surface area contributed by atoms with Gasteiger partial charge >= 0.3 is 0 Å². The second-order valence-electron chi connectivity index (χ2n) is 2.47. The van der Waals surface area contributed by atoms with Gasteiger partial charge in [-0.15, -0.1) is 11.8 Å². The lowest BCUT2D eigenvalue weighted by atomic mass is 10.1. The zero-order valence-electron chi connectivity index (χ0n) is 8.05. The smallest absolute Gasteiger partial charge is 0.0141 e. The molecule has 0 aromatic rings. The van der Waals surface area contributed by atoms with Crippen LogP contribution in [0.2, 0.25) is 0 Å². The summed E-state index contributed by atoms with van der Waals surface area (Å²) in [4.78, 5) is 1.22. The number of allylic oxidation sites excluding steroid dienone is 5. The van der Waals surface area contributed by atoms with Crippen LogP contribution in [-0.2, 0) is 0 Å². The topological polar surface area (TPSA) is 0 Å². The molecular weight excluding hydrogens is 164 g/mol. The zero-order chi connectivity index (χ0) is 9.56. The third-order valence-corrected chi connectivity index (χ3v) is 2.26. The summed E-state index contributed by atoms with van der Waals surface area (Å²) < 4.78 is 0. The minimum Gasteiger partial charge on any atom is -0.129 e. The van der Waals surface area contributed by atoms with Gasteiger partial charge in [0.15, 0.2) is 0 Å². The van der Waals surface area contributed by atoms with Gasteiger partial charge in [-0.1, -0.05) is 31.4 Å². The summed E-state index contributed by atoms with van der Waals surface area (Å²) in [6.45, 7) is 11.7. The van der Waals surface area contributed by atoms with Crippen molar-refractivity contribution < 1.29 is 0 Å². The predicted molar refractivity (Wildman–Crippen MR) is 60.4 cm³/mol. The molecule has 0 N–H and O–H groups in total. The van der Waals surface area contributed by atoms with Crippen molar-refractivity contribution >= 4 is 11.8 Å². The van der Waals surface area contributed by atoms with Gasteiger partial charge in [0.25, 0.3) is 0 Å². The van der Waals surface area contributed by atoms with Crippen LogP contribution in [-0.4, -0.2) is 6.26 Å². The molecule has 12 heavy (non-hydrogen) atoms. The summed E-state index contributed by atoms with van der Waals surface area (Å²) in [5, 5.41) is 0. The molecule has 0 aliphatic heterocycles. The van der Waals surface area contributed by atoms with Crippen molar-refractivity contribution in [3.8, 4) is 0 Å². The first-order valence-electron chi connectivity index (χ1n) is 3.86. The Morgan fingerprint density at radius 3 is 2.25 bits per heavy atom. The Bertz CT molecular complexity index is 231. The quantitative estimate of drug-likeness (QED) is 0.590. The van der Waals surface area contributed by atoms with E-state index in [9.17, 15) is 0 Å². The van der Waals surface area contributed by atoms with Gasteiger partial charge < -0.3 is 0 Å². The first kappa shape index (κ1) is 11.3. The Morgan fingerprint density at radius 1 is 1.42 bits per heavy atom. The van der Waals surface area contributed by atoms with Gasteiger partial charge in [0.05, 0.1) is 0 Å². The average Bonchev–Trinajstić information content (AvgIpc) is 2.03. The normalized spacial score (nSPS) is 12.9. The Kier molecular flexibility index (Phi) is 5.56. The number of thioether (sulfide) groups is 1. The summed E-state index contributed by atoms with van der Waals surface area (Å²) in [6.07, 6.45) is 8.02. The van der Waals surface area contributed by atoms with Crippen molar-refractivity contribution in [3.05, 3.63) is 47.4 Å². The van der Waals surface area contributed by atoms with Crippen LogP contribution in [0.15, 0.2) is 47.4 Å². The minimum atomic E-state index is 1.06. The van der Waals surface area contributed by atoms with Crippen molar-refractivity contribution in [1.82, 2.24) is 0 Å². The largest absolute Gasteiger partial charge is 0.129 e. The molecule has 0 atom stereocenters. The fourth-order valence-electron chi connectivity index (χ4n) is 0.904. The zero-order valence-corrected chi connectivity index (χ0v) is 8.87. The van der Waals surface area contributed by atoms with Crippen molar-refractivity contribution in [2.24, 2.45) is 0 Å². The number of hydrogen-bond acceptors (Lipinski definition) is 1. The van der Waals surface area contributed by atoms with Crippen LogP contribution in [0.5, 0.6) is 0 Å². The third-order valence-electron chi connectivity index (χ3n) is 1.47. The van der Waals surface area contributed by atoms with E-state index in [2.05, 4.69) is 25.5 Å². The van der Waals surface area contributed by atoms with Gasteiger partial charge in [0.2, 0.25) is 0 Å². The molecule has 0 nitrogen and oxygen atoms in total.